The highest BCUT2D eigenvalue weighted by atomic mass is 19.1. The lowest BCUT2D eigenvalue weighted by molar-refractivity contribution is -0.106. The van der Waals surface area contributed by atoms with Crippen molar-refractivity contribution in [3.8, 4) is 0 Å². The van der Waals surface area contributed by atoms with Gasteiger partial charge in [0.25, 0.3) is 5.91 Å². The maximum atomic E-state index is 14.5. The van der Waals surface area contributed by atoms with E-state index in [4.69, 9.17) is 9.47 Å². The minimum absolute atomic E-state index is 0.0765. The molecule has 0 bridgehead atoms. The summed E-state index contributed by atoms with van der Waals surface area (Å²) in [6, 6.07) is 18.8. The van der Waals surface area contributed by atoms with E-state index in [0.29, 0.717) is 12.0 Å². The number of methoxy groups -OCH3 is 2. The molecule has 3 aromatic carbocycles. The van der Waals surface area contributed by atoms with Gasteiger partial charge in [-0.15, -0.1) is 4.91 Å². The van der Waals surface area contributed by atoms with Crippen LogP contribution in [-0.4, -0.2) is 20.1 Å². The summed E-state index contributed by atoms with van der Waals surface area (Å²) >= 11 is 0. The molecule has 30 heavy (non-hydrogen) atoms. The fraction of sp³-hybridized carbons (Fsp3) is 0.174. The largest absolute Gasteiger partial charge is 0.352 e. The third kappa shape index (κ3) is 4.94. The van der Waals surface area contributed by atoms with Crippen LogP contribution in [0, 0.1) is 10.7 Å². The number of nitrogens with one attached hydrogen (secondary N) is 1. The quantitative estimate of drug-likeness (QED) is 0.402. The summed E-state index contributed by atoms with van der Waals surface area (Å²) < 4.78 is 24.6. The minimum atomic E-state index is -0.736. The number of hydrogen-bond acceptors (Lipinski definition) is 5. The van der Waals surface area contributed by atoms with Crippen LogP contribution in [-0.2, 0) is 15.9 Å². The Kier molecular flexibility index (Phi) is 7.00. The van der Waals surface area contributed by atoms with E-state index in [1.165, 1.54) is 32.4 Å². The van der Waals surface area contributed by atoms with Crippen molar-refractivity contribution in [1.82, 2.24) is 0 Å². The Bertz CT molecular complexity index is 1040. The highest BCUT2D eigenvalue weighted by molar-refractivity contribution is 6.05. The summed E-state index contributed by atoms with van der Waals surface area (Å²) in [6.45, 7) is 0. The first-order chi connectivity index (χ1) is 14.5. The van der Waals surface area contributed by atoms with Crippen molar-refractivity contribution in [2.24, 2.45) is 5.18 Å². The van der Waals surface area contributed by atoms with Crippen LogP contribution in [0.4, 0.5) is 15.8 Å². The van der Waals surface area contributed by atoms with Crippen molar-refractivity contribution in [3.05, 3.63) is 99.7 Å². The number of carbonyl (C=O) groups excluding carboxylic acids is 1. The van der Waals surface area contributed by atoms with Crippen LogP contribution in [0.2, 0.25) is 0 Å². The van der Waals surface area contributed by atoms with Gasteiger partial charge in [0.1, 0.15) is 11.5 Å². The molecule has 0 spiro atoms. The number of hydrogen-bond donors (Lipinski definition) is 1. The first-order valence-electron chi connectivity index (χ1n) is 9.22. The molecule has 3 aromatic rings. The number of amides is 1. The molecule has 1 N–H and O–H groups in total. The summed E-state index contributed by atoms with van der Waals surface area (Å²) in [7, 11) is 2.87. The Morgan fingerprint density at radius 1 is 1.00 bits per heavy atom. The zero-order valence-corrected chi connectivity index (χ0v) is 16.6. The van der Waals surface area contributed by atoms with Crippen molar-refractivity contribution < 1.29 is 18.7 Å². The van der Waals surface area contributed by atoms with Gasteiger partial charge in [-0.1, -0.05) is 42.5 Å². The van der Waals surface area contributed by atoms with Gasteiger partial charge < -0.3 is 14.8 Å². The zero-order valence-electron chi connectivity index (χ0n) is 16.6. The Balaban J connectivity index is 1.78. The first-order valence-corrected chi connectivity index (χ1v) is 9.22. The maximum Gasteiger partial charge on any atom is 0.258 e. The molecule has 154 valence electrons. The third-order valence-electron chi connectivity index (χ3n) is 4.60. The molecular formula is C23H21FN2O4. The second-order valence-electron chi connectivity index (χ2n) is 6.60. The van der Waals surface area contributed by atoms with Gasteiger partial charge in [0, 0.05) is 19.8 Å². The van der Waals surface area contributed by atoms with E-state index in [1.807, 2.05) is 30.3 Å². The number of halogens is 1. The highest BCUT2D eigenvalue weighted by Crippen LogP contribution is 2.28. The third-order valence-corrected chi connectivity index (χ3v) is 4.60. The summed E-state index contributed by atoms with van der Waals surface area (Å²) in [5.41, 5.74) is 2.51. The molecular weight excluding hydrogens is 387 g/mol. The summed E-state index contributed by atoms with van der Waals surface area (Å²) in [5, 5.41) is 5.56. The maximum absolute atomic E-state index is 14.5. The van der Waals surface area contributed by atoms with Gasteiger partial charge in [0.2, 0.25) is 0 Å². The van der Waals surface area contributed by atoms with Crippen LogP contribution < -0.4 is 5.32 Å². The number of nitrogens with zero attached hydrogens (tertiary/aromatic N) is 1. The smallest absolute Gasteiger partial charge is 0.258 e. The summed E-state index contributed by atoms with van der Waals surface area (Å²) in [4.78, 5) is 23.8. The van der Waals surface area contributed by atoms with Gasteiger partial charge in [-0.05, 0) is 47.0 Å². The zero-order chi connectivity index (χ0) is 21.5. The Morgan fingerprint density at radius 2 is 1.73 bits per heavy atom. The monoisotopic (exact) mass is 408 g/mol. The topological polar surface area (TPSA) is 77.0 Å². The fourth-order valence-corrected chi connectivity index (χ4v) is 3.12. The molecule has 0 aliphatic rings. The number of benzene rings is 3. The van der Waals surface area contributed by atoms with Gasteiger partial charge in [0.15, 0.2) is 6.29 Å². The molecule has 0 saturated carbocycles. The van der Waals surface area contributed by atoms with Crippen LogP contribution in [0.3, 0.4) is 0 Å². The average Bonchev–Trinajstić information content (AvgIpc) is 2.76. The lowest BCUT2D eigenvalue weighted by atomic mass is 10.0. The number of anilines is 1. The van der Waals surface area contributed by atoms with E-state index in [9.17, 15) is 14.1 Å². The molecule has 3 rings (SSSR count). The molecule has 1 amide bonds. The van der Waals surface area contributed by atoms with Crippen LogP contribution >= 0.6 is 0 Å². The number of carbonyl (C=O) groups is 1. The Labute approximate surface area is 173 Å². The van der Waals surface area contributed by atoms with E-state index >= 15 is 0 Å². The second-order valence-corrected chi connectivity index (χ2v) is 6.60. The van der Waals surface area contributed by atoms with Gasteiger partial charge in [-0.25, -0.2) is 4.39 Å². The SMILES string of the molecule is COC(OC)c1ccc(C(=O)Nc2ccc(Cc3ccccc3)cc2N=O)c(F)c1. The fourth-order valence-electron chi connectivity index (χ4n) is 3.12. The van der Waals surface area contributed by atoms with Gasteiger partial charge in [-0.3, -0.25) is 4.79 Å². The molecule has 0 aromatic heterocycles. The molecule has 0 fully saturated rings. The average molecular weight is 408 g/mol. The number of nitroso groups, excluding NO2 is 1. The molecule has 0 heterocycles. The predicted molar refractivity (Wildman–Crippen MR) is 112 cm³/mol. The molecule has 0 unspecified atom stereocenters. The van der Waals surface area contributed by atoms with E-state index in [0.717, 1.165) is 11.1 Å². The lowest BCUT2D eigenvalue weighted by Crippen LogP contribution is -2.15. The van der Waals surface area contributed by atoms with Crippen molar-refractivity contribution in [2.75, 3.05) is 19.5 Å². The van der Waals surface area contributed by atoms with Crippen molar-refractivity contribution >= 4 is 17.3 Å². The van der Waals surface area contributed by atoms with Crippen LogP contribution in [0.25, 0.3) is 0 Å². The molecule has 6 nitrogen and oxygen atoms in total. The Hall–Kier alpha value is -3.42. The van der Waals surface area contributed by atoms with Crippen LogP contribution in [0.5, 0.6) is 0 Å². The molecule has 0 aliphatic carbocycles. The van der Waals surface area contributed by atoms with Crippen molar-refractivity contribution in [3.63, 3.8) is 0 Å². The van der Waals surface area contributed by atoms with Crippen molar-refractivity contribution in [2.45, 2.75) is 12.7 Å². The number of ether oxygens (including phenoxy) is 2. The molecule has 0 atom stereocenters. The highest BCUT2D eigenvalue weighted by Gasteiger charge is 2.17. The summed E-state index contributed by atoms with van der Waals surface area (Å²) in [5.74, 6) is -1.42. The van der Waals surface area contributed by atoms with Gasteiger partial charge >= 0.3 is 0 Å². The summed E-state index contributed by atoms with van der Waals surface area (Å²) in [6.07, 6.45) is -0.118. The first kappa shape index (κ1) is 21.3. The van der Waals surface area contributed by atoms with Crippen LogP contribution in [0.15, 0.2) is 71.9 Å². The minimum Gasteiger partial charge on any atom is -0.352 e. The Morgan fingerprint density at radius 3 is 2.37 bits per heavy atom. The normalized spacial score (nSPS) is 10.8. The predicted octanol–water partition coefficient (Wildman–Crippen LogP) is 5.36. The van der Waals surface area contributed by atoms with Crippen LogP contribution in [0.1, 0.15) is 33.3 Å². The van der Waals surface area contributed by atoms with Gasteiger partial charge in [0.05, 0.1) is 11.3 Å². The van der Waals surface area contributed by atoms with E-state index in [2.05, 4.69) is 10.5 Å². The van der Waals surface area contributed by atoms with E-state index in [-0.39, 0.29) is 16.9 Å². The van der Waals surface area contributed by atoms with Gasteiger partial charge in [-0.2, -0.15) is 0 Å². The number of rotatable bonds is 8. The van der Waals surface area contributed by atoms with E-state index < -0.39 is 18.0 Å². The molecule has 0 saturated heterocycles. The standard InChI is InChI=1S/C23H21FN2O4/c1-29-23(30-2)17-9-10-18(19(24)14-17)22(27)25-20-11-8-16(13-21(20)26-28)12-15-6-4-3-5-7-15/h3-11,13-14,23H,12H2,1-2H3,(H,25,27). The lowest BCUT2D eigenvalue weighted by Gasteiger charge is -2.15. The second kappa shape index (κ2) is 9.87. The molecule has 0 radical (unpaired) electrons. The van der Waals surface area contributed by atoms with Crippen molar-refractivity contribution in [1.29, 1.82) is 0 Å². The molecule has 7 heteroatoms. The molecule has 0 aliphatic heterocycles. The van der Waals surface area contributed by atoms with E-state index in [1.54, 1.807) is 18.2 Å².